The maximum atomic E-state index is 14.0. The highest BCUT2D eigenvalue weighted by molar-refractivity contribution is 5.21. The van der Waals surface area contributed by atoms with Gasteiger partial charge in [-0.15, -0.1) is 0 Å². The van der Waals surface area contributed by atoms with E-state index in [9.17, 15) is 13.2 Å². The zero-order chi connectivity index (χ0) is 11.5. The summed E-state index contributed by atoms with van der Waals surface area (Å²) in [6, 6.07) is 2.95. The minimum atomic E-state index is -1.40. The maximum Gasteiger partial charge on any atom is 0.131 e. The van der Waals surface area contributed by atoms with E-state index in [2.05, 4.69) is 5.32 Å². The van der Waals surface area contributed by atoms with Crippen LogP contribution < -0.4 is 5.32 Å². The van der Waals surface area contributed by atoms with Crippen molar-refractivity contribution in [2.75, 3.05) is 13.1 Å². The third-order valence-corrected chi connectivity index (χ3v) is 3.05. The third kappa shape index (κ3) is 2.38. The molecule has 1 N–H and O–H groups in total. The number of benzene rings is 1. The number of piperidine rings is 1. The van der Waals surface area contributed by atoms with Crippen LogP contribution in [0, 0.1) is 17.6 Å². The van der Waals surface area contributed by atoms with Crippen LogP contribution in [0.3, 0.4) is 0 Å². The van der Waals surface area contributed by atoms with Crippen molar-refractivity contribution in [3.05, 3.63) is 35.4 Å². The molecule has 2 rings (SSSR count). The summed E-state index contributed by atoms with van der Waals surface area (Å²) in [6.07, 6.45) is -0.0772. The molecule has 1 unspecified atom stereocenters. The molecular weight excluding hydrogens is 215 g/mol. The normalized spacial score (nSPS) is 19.7. The molecule has 1 aliphatic heterocycles. The molecule has 4 heteroatoms. The van der Waals surface area contributed by atoms with Crippen LogP contribution in [0.25, 0.3) is 0 Å². The quantitative estimate of drug-likeness (QED) is 0.822. The first-order valence-corrected chi connectivity index (χ1v) is 5.48. The van der Waals surface area contributed by atoms with E-state index >= 15 is 0 Å². The van der Waals surface area contributed by atoms with Crippen molar-refractivity contribution in [1.82, 2.24) is 5.32 Å². The van der Waals surface area contributed by atoms with Gasteiger partial charge in [-0.2, -0.15) is 0 Å². The van der Waals surface area contributed by atoms with Crippen molar-refractivity contribution < 1.29 is 13.2 Å². The molecule has 1 atom stereocenters. The second kappa shape index (κ2) is 4.87. The van der Waals surface area contributed by atoms with E-state index < -0.39 is 17.8 Å². The topological polar surface area (TPSA) is 12.0 Å². The largest absolute Gasteiger partial charge is 0.317 e. The third-order valence-electron chi connectivity index (χ3n) is 3.05. The van der Waals surface area contributed by atoms with E-state index in [0.29, 0.717) is 12.8 Å². The van der Waals surface area contributed by atoms with Gasteiger partial charge >= 0.3 is 0 Å². The van der Waals surface area contributed by atoms with Gasteiger partial charge in [-0.1, -0.05) is 0 Å². The SMILES string of the molecule is Fc1ccc(F)c(C(F)C2CCNCC2)c1. The van der Waals surface area contributed by atoms with Crippen molar-refractivity contribution in [1.29, 1.82) is 0 Å². The molecule has 1 aromatic carbocycles. The fraction of sp³-hybridized carbons (Fsp3) is 0.500. The standard InChI is InChI=1S/C12H14F3N/c13-9-1-2-11(14)10(7-9)12(15)8-3-5-16-6-4-8/h1-2,7-8,12,16H,3-6H2. The average Bonchev–Trinajstić information content (AvgIpc) is 2.32. The highest BCUT2D eigenvalue weighted by Gasteiger charge is 2.27. The fourth-order valence-corrected chi connectivity index (χ4v) is 2.12. The highest BCUT2D eigenvalue weighted by atomic mass is 19.1. The lowest BCUT2D eigenvalue weighted by molar-refractivity contribution is 0.185. The van der Waals surface area contributed by atoms with Gasteiger partial charge in [0.25, 0.3) is 0 Å². The Morgan fingerprint density at radius 3 is 2.56 bits per heavy atom. The van der Waals surface area contributed by atoms with Gasteiger partial charge in [-0.3, -0.25) is 0 Å². The molecule has 0 aliphatic carbocycles. The number of halogens is 3. The summed E-state index contributed by atoms with van der Waals surface area (Å²) in [5.41, 5.74) is -0.146. The summed E-state index contributed by atoms with van der Waals surface area (Å²) in [4.78, 5) is 0. The van der Waals surface area contributed by atoms with Gasteiger partial charge in [-0.05, 0) is 50.0 Å². The molecule has 0 bridgehead atoms. The molecule has 1 aromatic rings. The van der Waals surface area contributed by atoms with Crippen LogP contribution in [-0.2, 0) is 0 Å². The van der Waals surface area contributed by atoms with Crippen LogP contribution >= 0.6 is 0 Å². The Kier molecular flexibility index (Phi) is 3.49. The van der Waals surface area contributed by atoms with Crippen molar-refractivity contribution >= 4 is 0 Å². The van der Waals surface area contributed by atoms with E-state index in [0.717, 1.165) is 31.3 Å². The molecule has 0 saturated carbocycles. The number of alkyl halides is 1. The van der Waals surface area contributed by atoms with Gasteiger partial charge in [0.2, 0.25) is 0 Å². The molecule has 0 radical (unpaired) electrons. The van der Waals surface area contributed by atoms with Gasteiger partial charge in [-0.25, -0.2) is 13.2 Å². The Morgan fingerprint density at radius 1 is 1.19 bits per heavy atom. The van der Waals surface area contributed by atoms with E-state index in [4.69, 9.17) is 0 Å². The van der Waals surface area contributed by atoms with Crippen LogP contribution in [0.4, 0.5) is 13.2 Å². The van der Waals surface area contributed by atoms with Crippen LogP contribution in [0.15, 0.2) is 18.2 Å². The Balaban J connectivity index is 2.18. The molecular formula is C12H14F3N. The summed E-state index contributed by atoms with van der Waals surface area (Å²) >= 11 is 0. The van der Waals surface area contributed by atoms with Crippen molar-refractivity contribution in [3.63, 3.8) is 0 Å². The van der Waals surface area contributed by atoms with Crippen molar-refractivity contribution in [2.24, 2.45) is 5.92 Å². The molecule has 0 aromatic heterocycles. The molecule has 16 heavy (non-hydrogen) atoms. The first-order valence-electron chi connectivity index (χ1n) is 5.48. The van der Waals surface area contributed by atoms with Crippen LogP contribution in [0.2, 0.25) is 0 Å². The fourth-order valence-electron chi connectivity index (χ4n) is 2.12. The first-order chi connectivity index (χ1) is 7.68. The van der Waals surface area contributed by atoms with Crippen LogP contribution in [0.5, 0.6) is 0 Å². The Labute approximate surface area is 92.7 Å². The summed E-state index contributed by atoms with van der Waals surface area (Å²) in [5, 5.41) is 3.11. The number of hydrogen-bond donors (Lipinski definition) is 1. The molecule has 1 heterocycles. The van der Waals surface area contributed by atoms with E-state index in [1.54, 1.807) is 0 Å². The molecule has 0 amide bonds. The van der Waals surface area contributed by atoms with Gasteiger partial charge in [0.05, 0.1) is 0 Å². The molecule has 1 aliphatic rings. The molecule has 0 spiro atoms. The Hall–Kier alpha value is -1.03. The van der Waals surface area contributed by atoms with Crippen LogP contribution in [0.1, 0.15) is 24.6 Å². The van der Waals surface area contributed by atoms with Crippen molar-refractivity contribution in [2.45, 2.75) is 19.0 Å². The Morgan fingerprint density at radius 2 is 1.88 bits per heavy atom. The van der Waals surface area contributed by atoms with Crippen LogP contribution in [-0.4, -0.2) is 13.1 Å². The average molecular weight is 229 g/mol. The predicted molar refractivity (Wildman–Crippen MR) is 55.8 cm³/mol. The van der Waals surface area contributed by atoms with E-state index in [1.165, 1.54) is 0 Å². The lowest BCUT2D eigenvalue weighted by Crippen LogP contribution is -2.30. The van der Waals surface area contributed by atoms with E-state index in [-0.39, 0.29) is 11.5 Å². The predicted octanol–water partition coefficient (Wildman–Crippen LogP) is 2.98. The monoisotopic (exact) mass is 229 g/mol. The second-order valence-electron chi connectivity index (χ2n) is 4.16. The number of hydrogen-bond acceptors (Lipinski definition) is 1. The Bertz CT molecular complexity index is 361. The molecule has 1 fully saturated rings. The second-order valence-corrected chi connectivity index (χ2v) is 4.16. The minimum absolute atomic E-state index is 0.146. The molecule has 1 saturated heterocycles. The van der Waals surface area contributed by atoms with Crippen molar-refractivity contribution in [3.8, 4) is 0 Å². The smallest absolute Gasteiger partial charge is 0.131 e. The summed E-state index contributed by atoms with van der Waals surface area (Å²) in [7, 11) is 0. The van der Waals surface area contributed by atoms with Gasteiger partial charge in [0.1, 0.15) is 17.8 Å². The van der Waals surface area contributed by atoms with Gasteiger partial charge in [0.15, 0.2) is 0 Å². The highest BCUT2D eigenvalue weighted by Crippen LogP contribution is 2.33. The minimum Gasteiger partial charge on any atom is -0.317 e. The summed E-state index contributed by atoms with van der Waals surface area (Å²) in [6.45, 7) is 1.48. The first kappa shape index (κ1) is 11.5. The lowest BCUT2D eigenvalue weighted by Gasteiger charge is -2.26. The maximum absolute atomic E-state index is 14.0. The molecule has 1 nitrogen and oxygen atoms in total. The van der Waals surface area contributed by atoms with Gasteiger partial charge < -0.3 is 5.32 Å². The summed E-state index contributed by atoms with van der Waals surface area (Å²) < 4.78 is 40.3. The number of nitrogens with one attached hydrogen (secondary N) is 1. The summed E-state index contributed by atoms with van der Waals surface area (Å²) in [5.74, 6) is -1.46. The molecule has 88 valence electrons. The lowest BCUT2D eigenvalue weighted by atomic mass is 9.89. The zero-order valence-corrected chi connectivity index (χ0v) is 8.85. The number of rotatable bonds is 2. The van der Waals surface area contributed by atoms with Gasteiger partial charge in [0, 0.05) is 5.56 Å². The van der Waals surface area contributed by atoms with E-state index in [1.807, 2.05) is 0 Å². The zero-order valence-electron chi connectivity index (χ0n) is 8.85.